The minimum Gasteiger partial charge on any atom is -0.368 e. The molecule has 0 saturated carbocycles. The van der Waals surface area contributed by atoms with Crippen molar-refractivity contribution < 1.29 is 4.39 Å². The number of nitrogens with zero attached hydrogens (tertiary/aromatic N) is 4. The molecule has 6 heteroatoms. The van der Waals surface area contributed by atoms with Crippen LogP contribution in [0.1, 0.15) is 36.6 Å². The molecular formula is C21H22FN5. The molecule has 27 heavy (non-hydrogen) atoms. The van der Waals surface area contributed by atoms with E-state index in [1.165, 1.54) is 17.7 Å². The van der Waals surface area contributed by atoms with Crippen LogP contribution in [0, 0.1) is 5.82 Å². The lowest BCUT2D eigenvalue weighted by molar-refractivity contribution is 0.137. The predicted octanol–water partition coefficient (Wildman–Crippen LogP) is 3.99. The minimum atomic E-state index is -0.272. The van der Waals surface area contributed by atoms with Crippen LogP contribution in [0.5, 0.6) is 0 Å². The Morgan fingerprint density at radius 1 is 1.15 bits per heavy atom. The van der Waals surface area contributed by atoms with Crippen molar-refractivity contribution in [1.29, 1.82) is 0 Å². The second-order valence-electron chi connectivity index (χ2n) is 6.88. The Kier molecular flexibility index (Phi) is 5.07. The minimum absolute atomic E-state index is 0.113. The number of nitrogen functional groups attached to an aromatic ring is 1. The van der Waals surface area contributed by atoms with Gasteiger partial charge < -0.3 is 5.73 Å². The maximum atomic E-state index is 13.8. The summed E-state index contributed by atoms with van der Waals surface area (Å²) in [6.45, 7) is 1.77. The number of benzene rings is 1. The first-order valence-corrected chi connectivity index (χ1v) is 9.22. The number of hydrogen-bond donors (Lipinski definition) is 1. The van der Waals surface area contributed by atoms with Gasteiger partial charge in [0.2, 0.25) is 5.95 Å². The van der Waals surface area contributed by atoms with Crippen LogP contribution in [0.25, 0.3) is 11.1 Å². The first-order chi connectivity index (χ1) is 13.2. The molecular weight excluding hydrogens is 341 g/mol. The summed E-state index contributed by atoms with van der Waals surface area (Å²) >= 11 is 0. The van der Waals surface area contributed by atoms with Gasteiger partial charge in [-0.1, -0.05) is 24.6 Å². The van der Waals surface area contributed by atoms with E-state index in [2.05, 4.69) is 25.9 Å². The van der Waals surface area contributed by atoms with E-state index in [1.807, 2.05) is 18.3 Å². The standard InChI is InChI=1S/C21H22FN5/c22-17-7-3-6-16(11-17)18-13-25-21(23)26-20(18)19-8-1-2-10-27(19)14-15-5-4-9-24-12-15/h3-7,9,11-13,19H,1-2,8,10,14H2,(H2,23,25,26)/t19-/m1/s1. The summed E-state index contributed by atoms with van der Waals surface area (Å²) in [5, 5.41) is 0. The second kappa shape index (κ2) is 7.80. The summed E-state index contributed by atoms with van der Waals surface area (Å²) in [6, 6.07) is 10.7. The Morgan fingerprint density at radius 2 is 2.07 bits per heavy atom. The normalized spacial score (nSPS) is 17.7. The van der Waals surface area contributed by atoms with E-state index in [4.69, 9.17) is 5.73 Å². The first kappa shape index (κ1) is 17.5. The van der Waals surface area contributed by atoms with Gasteiger partial charge in [0.1, 0.15) is 5.82 Å². The molecule has 0 spiro atoms. The van der Waals surface area contributed by atoms with E-state index in [1.54, 1.807) is 18.5 Å². The highest BCUT2D eigenvalue weighted by Gasteiger charge is 2.28. The van der Waals surface area contributed by atoms with Crippen molar-refractivity contribution in [1.82, 2.24) is 19.9 Å². The topological polar surface area (TPSA) is 67.9 Å². The maximum absolute atomic E-state index is 13.8. The molecule has 1 aromatic carbocycles. The fraction of sp³-hybridized carbons (Fsp3) is 0.286. The molecule has 0 aliphatic carbocycles. The first-order valence-electron chi connectivity index (χ1n) is 9.22. The number of hydrogen-bond acceptors (Lipinski definition) is 5. The Morgan fingerprint density at radius 3 is 2.89 bits per heavy atom. The van der Waals surface area contributed by atoms with Crippen LogP contribution in [0.2, 0.25) is 0 Å². The number of halogens is 1. The highest BCUT2D eigenvalue weighted by molar-refractivity contribution is 5.66. The van der Waals surface area contributed by atoms with Crippen LogP contribution < -0.4 is 5.73 Å². The molecule has 5 nitrogen and oxygen atoms in total. The van der Waals surface area contributed by atoms with Crippen molar-refractivity contribution in [3.05, 3.63) is 72.1 Å². The third kappa shape index (κ3) is 3.95. The van der Waals surface area contributed by atoms with Crippen LogP contribution in [-0.2, 0) is 6.54 Å². The molecule has 2 N–H and O–H groups in total. The molecule has 1 aliphatic heterocycles. The van der Waals surface area contributed by atoms with Gasteiger partial charge in [-0.15, -0.1) is 0 Å². The zero-order valence-electron chi connectivity index (χ0n) is 15.1. The van der Waals surface area contributed by atoms with Crippen LogP contribution in [0.4, 0.5) is 10.3 Å². The SMILES string of the molecule is Nc1ncc(-c2cccc(F)c2)c([C@H]2CCCCN2Cc2cccnc2)n1. The molecule has 138 valence electrons. The molecule has 1 aliphatic rings. The Bertz CT molecular complexity index is 915. The van der Waals surface area contributed by atoms with Gasteiger partial charge in [-0.25, -0.2) is 14.4 Å². The third-order valence-electron chi connectivity index (χ3n) is 5.01. The summed E-state index contributed by atoms with van der Waals surface area (Å²) in [5.74, 6) is -0.0248. The van der Waals surface area contributed by atoms with Crippen molar-refractivity contribution in [2.45, 2.75) is 31.8 Å². The van der Waals surface area contributed by atoms with Gasteiger partial charge in [0.25, 0.3) is 0 Å². The zero-order chi connectivity index (χ0) is 18.6. The van der Waals surface area contributed by atoms with E-state index in [0.29, 0.717) is 0 Å². The largest absolute Gasteiger partial charge is 0.368 e. The number of rotatable bonds is 4. The van der Waals surface area contributed by atoms with E-state index >= 15 is 0 Å². The van der Waals surface area contributed by atoms with Gasteiger partial charge in [-0.3, -0.25) is 9.88 Å². The number of likely N-dealkylation sites (tertiary alicyclic amines) is 1. The monoisotopic (exact) mass is 363 g/mol. The van der Waals surface area contributed by atoms with Crippen molar-refractivity contribution in [3.8, 4) is 11.1 Å². The lowest BCUT2D eigenvalue weighted by Crippen LogP contribution is -2.34. The Labute approximate surface area is 158 Å². The van der Waals surface area contributed by atoms with Crippen molar-refractivity contribution in [2.24, 2.45) is 0 Å². The molecule has 2 aromatic heterocycles. The predicted molar refractivity (Wildman–Crippen MR) is 103 cm³/mol. The Hall–Kier alpha value is -2.86. The molecule has 0 bridgehead atoms. The highest BCUT2D eigenvalue weighted by Crippen LogP contribution is 2.36. The summed E-state index contributed by atoms with van der Waals surface area (Å²) in [4.78, 5) is 15.4. The molecule has 0 unspecified atom stereocenters. The molecule has 1 saturated heterocycles. The fourth-order valence-electron chi connectivity index (χ4n) is 3.76. The molecule has 0 amide bonds. The number of nitrogens with two attached hydrogens (primary N) is 1. The van der Waals surface area contributed by atoms with Crippen LogP contribution in [0.3, 0.4) is 0 Å². The average Bonchev–Trinajstić information content (AvgIpc) is 2.69. The number of piperidine rings is 1. The van der Waals surface area contributed by atoms with Gasteiger partial charge >= 0.3 is 0 Å². The molecule has 3 heterocycles. The highest BCUT2D eigenvalue weighted by atomic mass is 19.1. The number of aromatic nitrogens is 3. The zero-order valence-corrected chi connectivity index (χ0v) is 15.1. The smallest absolute Gasteiger partial charge is 0.220 e. The fourth-order valence-corrected chi connectivity index (χ4v) is 3.76. The molecule has 0 radical (unpaired) electrons. The lowest BCUT2D eigenvalue weighted by atomic mass is 9.93. The van der Waals surface area contributed by atoms with Gasteiger partial charge in [0.05, 0.1) is 11.7 Å². The van der Waals surface area contributed by atoms with Crippen molar-refractivity contribution in [3.63, 3.8) is 0 Å². The van der Waals surface area contributed by atoms with Crippen molar-refractivity contribution in [2.75, 3.05) is 12.3 Å². The van der Waals surface area contributed by atoms with E-state index < -0.39 is 0 Å². The van der Waals surface area contributed by atoms with Gasteiger partial charge in [-0.2, -0.15) is 0 Å². The Balaban J connectivity index is 1.72. The van der Waals surface area contributed by atoms with E-state index in [9.17, 15) is 4.39 Å². The molecule has 1 atom stereocenters. The lowest BCUT2D eigenvalue weighted by Gasteiger charge is -2.36. The van der Waals surface area contributed by atoms with Gasteiger partial charge in [0, 0.05) is 30.7 Å². The second-order valence-corrected chi connectivity index (χ2v) is 6.88. The summed E-state index contributed by atoms with van der Waals surface area (Å²) in [6.07, 6.45) is 8.65. The third-order valence-corrected chi connectivity index (χ3v) is 5.01. The van der Waals surface area contributed by atoms with Crippen LogP contribution in [0.15, 0.2) is 55.0 Å². The number of anilines is 1. The number of pyridine rings is 1. The summed E-state index contributed by atoms with van der Waals surface area (Å²) < 4.78 is 13.8. The maximum Gasteiger partial charge on any atom is 0.220 e. The average molecular weight is 363 g/mol. The van der Waals surface area contributed by atoms with E-state index in [0.717, 1.165) is 49.2 Å². The quantitative estimate of drug-likeness (QED) is 0.759. The summed E-state index contributed by atoms with van der Waals surface area (Å²) in [5.41, 5.74) is 9.57. The molecule has 4 rings (SSSR count). The summed E-state index contributed by atoms with van der Waals surface area (Å²) in [7, 11) is 0. The molecule has 1 fully saturated rings. The molecule has 3 aromatic rings. The van der Waals surface area contributed by atoms with E-state index in [-0.39, 0.29) is 17.8 Å². The van der Waals surface area contributed by atoms with Gasteiger partial charge in [0.15, 0.2) is 0 Å². The van der Waals surface area contributed by atoms with Crippen LogP contribution >= 0.6 is 0 Å². The van der Waals surface area contributed by atoms with Crippen LogP contribution in [-0.4, -0.2) is 26.4 Å². The van der Waals surface area contributed by atoms with Crippen molar-refractivity contribution >= 4 is 5.95 Å². The van der Waals surface area contributed by atoms with Gasteiger partial charge in [-0.05, 0) is 48.7 Å².